The second-order valence-corrected chi connectivity index (χ2v) is 9.49. The molecule has 0 spiro atoms. The van der Waals surface area contributed by atoms with E-state index in [2.05, 4.69) is 20.2 Å². The fraction of sp³-hybridized carbons (Fsp3) is 0.421. The maximum absolute atomic E-state index is 13.0. The summed E-state index contributed by atoms with van der Waals surface area (Å²) >= 11 is 0. The molecule has 0 radical (unpaired) electrons. The molecule has 2 fully saturated rings. The Morgan fingerprint density at radius 1 is 1.10 bits per heavy atom. The van der Waals surface area contributed by atoms with Crippen LogP contribution >= 0.6 is 0 Å². The minimum Gasteiger partial charge on any atom is -0.495 e. The lowest BCUT2D eigenvalue weighted by molar-refractivity contribution is 0.307. The smallest absolute Gasteiger partial charge is 0.246 e. The number of rotatable bonds is 6. The molecule has 2 aliphatic rings. The molecule has 1 aliphatic heterocycles. The molecule has 5 rings (SSSR count). The van der Waals surface area contributed by atoms with Crippen molar-refractivity contribution in [3.8, 4) is 5.75 Å². The fourth-order valence-corrected chi connectivity index (χ4v) is 5.11. The van der Waals surface area contributed by atoms with E-state index in [0.717, 1.165) is 30.1 Å². The number of likely N-dealkylation sites (N-methyl/N-ethyl adjacent to an activating group) is 1. The molecule has 1 aromatic carbocycles. The van der Waals surface area contributed by atoms with Gasteiger partial charge in [-0.3, -0.25) is 0 Å². The van der Waals surface area contributed by atoms with Gasteiger partial charge >= 0.3 is 0 Å². The predicted octanol–water partition coefficient (Wildman–Crippen LogP) is 1.52. The first-order valence-corrected chi connectivity index (χ1v) is 11.0. The molecule has 0 bridgehead atoms. The Balaban J connectivity index is 1.34. The normalized spacial score (nSPS) is 17.7. The van der Waals surface area contributed by atoms with Crippen LogP contribution in [0, 0.1) is 0 Å². The second kappa shape index (κ2) is 6.67. The van der Waals surface area contributed by atoms with Crippen molar-refractivity contribution in [1.29, 1.82) is 0 Å². The zero-order chi connectivity index (χ0) is 20.2. The number of benzene rings is 1. The highest BCUT2D eigenvalue weighted by atomic mass is 32.2. The van der Waals surface area contributed by atoms with E-state index in [1.54, 1.807) is 31.3 Å². The van der Waals surface area contributed by atoms with Crippen LogP contribution in [0.1, 0.15) is 24.6 Å². The second-order valence-electron chi connectivity index (χ2n) is 7.52. The molecule has 1 aliphatic carbocycles. The van der Waals surface area contributed by atoms with Crippen molar-refractivity contribution in [3.63, 3.8) is 0 Å². The van der Waals surface area contributed by atoms with Crippen molar-refractivity contribution in [2.45, 2.75) is 29.7 Å². The summed E-state index contributed by atoms with van der Waals surface area (Å²) in [5, 5.41) is 13.1. The molecule has 9 nitrogen and oxygen atoms in total. The third-order valence-electron chi connectivity index (χ3n) is 5.64. The van der Waals surface area contributed by atoms with Gasteiger partial charge in [0.05, 0.1) is 13.2 Å². The number of methoxy groups -OCH3 is 1. The molecule has 29 heavy (non-hydrogen) atoms. The van der Waals surface area contributed by atoms with E-state index in [9.17, 15) is 8.42 Å². The van der Waals surface area contributed by atoms with Crippen LogP contribution < -0.4 is 9.64 Å². The molecule has 0 N–H and O–H groups in total. The average molecular weight is 414 g/mol. The van der Waals surface area contributed by atoms with Gasteiger partial charge in [0.1, 0.15) is 16.5 Å². The minimum atomic E-state index is -3.65. The molecule has 3 aromatic rings. The maximum Gasteiger partial charge on any atom is 0.246 e. The summed E-state index contributed by atoms with van der Waals surface area (Å²) in [5.74, 6) is 2.52. The van der Waals surface area contributed by atoms with Gasteiger partial charge in [0.2, 0.25) is 10.0 Å². The Hall–Kier alpha value is -2.72. The van der Waals surface area contributed by atoms with Gasteiger partial charge in [-0.1, -0.05) is 12.1 Å². The van der Waals surface area contributed by atoms with Crippen LogP contribution in [-0.4, -0.2) is 65.8 Å². The first kappa shape index (κ1) is 18.3. The number of sulfonamides is 1. The first-order chi connectivity index (χ1) is 14.0. The van der Waals surface area contributed by atoms with Crippen molar-refractivity contribution in [2.24, 2.45) is 0 Å². The van der Waals surface area contributed by atoms with Crippen LogP contribution in [-0.2, 0) is 10.0 Å². The topological polar surface area (TPSA) is 92.9 Å². The standard InChI is InChI=1S/C19H22N6O3S/c1-23(29(26,27)16-6-4-3-5-15(16)28-2)14-11-24(12-14)18-10-9-17-20-21-19(13-7-8-13)25(17)22-18/h3-6,9-10,13-14H,7-8,11-12H2,1-2H3. The van der Waals surface area contributed by atoms with Crippen LogP contribution in [0.2, 0.25) is 0 Å². The van der Waals surface area contributed by atoms with E-state index >= 15 is 0 Å². The molecule has 0 atom stereocenters. The van der Waals surface area contributed by atoms with E-state index in [-0.39, 0.29) is 10.9 Å². The Kier molecular flexibility index (Phi) is 4.21. The lowest BCUT2D eigenvalue weighted by atomic mass is 10.1. The van der Waals surface area contributed by atoms with E-state index in [0.29, 0.717) is 24.8 Å². The van der Waals surface area contributed by atoms with Crippen LogP contribution in [0.3, 0.4) is 0 Å². The zero-order valence-electron chi connectivity index (χ0n) is 16.3. The number of fused-ring (bicyclic) bond motifs is 1. The number of nitrogens with zero attached hydrogens (tertiary/aromatic N) is 6. The third kappa shape index (κ3) is 3.03. The van der Waals surface area contributed by atoms with Crippen LogP contribution in [0.5, 0.6) is 5.75 Å². The molecular weight excluding hydrogens is 392 g/mol. The molecule has 1 saturated heterocycles. The van der Waals surface area contributed by atoms with E-state index in [4.69, 9.17) is 4.74 Å². The number of ether oxygens (including phenoxy) is 1. The Bertz CT molecular complexity index is 1170. The quantitative estimate of drug-likeness (QED) is 0.604. The largest absolute Gasteiger partial charge is 0.495 e. The summed E-state index contributed by atoms with van der Waals surface area (Å²) in [5.41, 5.74) is 0.739. The number of aromatic nitrogens is 4. The van der Waals surface area contributed by atoms with Crippen LogP contribution in [0.4, 0.5) is 5.82 Å². The van der Waals surface area contributed by atoms with E-state index in [1.165, 1.54) is 11.4 Å². The number of hydrogen-bond acceptors (Lipinski definition) is 7. The molecule has 0 amide bonds. The maximum atomic E-state index is 13.0. The molecule has 1 saturated carbocycles. The minimum absolute atomic E-state index is 0.133. The number of para-hydroxylation sites is 1. The summed E-state index contributed by atoms with van der Waals surface area (Å²) in [6.45, 7) is 1.15. The van der Waals surface area contributed by atoms with E-state index < -0.39 is 10.0 Å². The van der Waals surface area contributed by atoms with Crippen molar-refractivity contribution in [3.05, 3.63) is 42.2 Å². The van der Waals surface area contributed by atoms with Gasteiger partial charge in [0.25, 0.3) is 0 Å². The van der Waals surface area contributed by atoms with Gasteiger partial charge in [-0.05, 0) is 37.1 Å². The summed E-state index contributed by atoms with van der Waals surface area (Å²) < 4.78 is 34.6. The lowest BCUT2D eigenvalue weighted by Crippen LogP contribution is -2.60. The van der Waals surface area contributed by atoms with Crippen molar-refractivity contribution >= 4 is 21.5 Å². The number of hydrogen-bond donors (Lipinski definition) is 0. The molecule has 2 aromatic heterocycles. The first-order valence-electron chi connectivity index (χ1n) is 9.57. The summed E-state index contributed by atoms with van der Waals surface area (Å²) in [6.07, 6.45) is 2.26. The summed E-state index contributed by atoms with van der Waals surface area (Å²) in [7, 11) is -0.556. The summed E-state index contributed by atoms with van der Waals surface area (Å²) in [4.78, 5) is 2.25. The van der Waals surface area contributed by atoms with Crippen molar-refractivity contribution in [2.75, 3.05) is 32.1 Å². The summed E-state index contributed by atoms with van der Waals surface area (Å²) in [6, 6.07) is 10.4. The van der Waals surface area contributed by atoms with Gasteiger partial charge in [-0.15, -0.1) is 15.3 Å². The lowest BCUT2D eigenvalue weighted by Gasteiger charge is -2.43. The Morgan fingerprint density at radius 3 is 2.59 bits per heavy atom. The van der Waals surface area contributed by atoms with Gasteiger partial charge in [0.15, 0.2) is 11.5 Å². The fourth-order valence-electron chi connectivity index (χ4n) is 3.62. The highest BCUT2D eigenvalue weighted by Crippen LogP contribution is 2.39. The van der Waals surface area contributed by atoms with E-state index in [1.807, 2.05) is 16.6 Å². The van der Waals surface area contributed by atoms with Gasteiger partial charge in [-0.25, -0.2) is 8.42 Å². The third-order valence-corrected chi connectivity index (χ3v) is 7.59. The predicted molar refractivity (Wildman–Crippen MR) is 107 cm³/mol. The van der Waals surface area contributed by atoms with Gasteiger partial charge in [0, 0.05) is 26.1 Å². The number of anilines is 1. The monoisotopic (exact) mass is 414 g/mol. The molecular formula is C19H22N6O3S. The Morgan fingerprint density at radius 2 is 1.86 bits per heavy atom. The van der Waals surface area contributed by atoms with Crippen molar-refractivity contribution < 1.29 is 13.2 Å². The van der Waals surface area contributed by atoms with Crippen LogP contribution in [0.15, 0.2) is 41.3 Å². The van der Waals surface area contributed by atoms with Crippen molar-refractivity contribution in [1.82, 2.24) is 24.1 Å². The highest BCUT2D eigenvalue weighted by molar-refractivity contribution is 7.89. The highest BCUT2D eigenvalue weighted by Gasteiger charge is 2.38. The molecule has 0 unspecified atom stereocenters. The molecule has 10 heteroatoms. The zero-order valence-corrected chi connectivity index (χ0v) is 17.1. The molecule has 152 valence electrons. The SMILES string of the molecule is COc1ccccc1S(=O)(=O)N(C)C1CN(c2ccc3nnc(C4CC4)n3n2)C1. The van der Waals surface area contributed by atoms with Gasteiger partial charge in [-0.2, -0.15) is 8.82 Å². The average Bonchev–Trinajstić information content (AvgIpc) is 3.45. The Labute approximate surface area is 169 Å². The molecule has 3 heterocycles. The van der Waals surface area contributed by atoms with Gasteiger partial charge < -0.3 is 9.64 Å². The van der Waals surface area contributed by atoms with Crippen LogP contribution in [0.25, 0.3) is 5.65 Å².